The third kappa shape index (κ3) is 2.27. The molecule has 3 fully saturated rings. The van der Waals surface area contributed by atoms with E-state index in [9.17, 15) is 9.59 Å². The van der Waals surface area contributed by atoms with Crippen molar-refractivity contribution < 1.29 is 18.7 Å². The summed E-state index contributed by atoms with van der Waals surface area (Å²) in [6.07, 6.45) is 5.16. The van der Waals surface area contributed by atoms with Gasteiger partial charge in [0.15, 0.2) is 11.9 Å². The minimum absolute atomic E-state index is 0.0711. The number of likely N-dealkylation sites (tertiary alicyclic amines) is 2. The van der Waals surface area contributed by atoms with E-state index >= 15 is 0 Å². The molecule has 1 aromatic rings. The van der Waals surface area contributed by atoms with Crippen molar-refractivity contribution in [3.63, 3.8) is 0 Å². The van der Waals surface area contributed by atoms with Crippen molar-refractivity contribution in [3.05, 3.63) is 24.2 Å². The van der Waals surface area contributed by atoms with Crippen LogP contribution in [0.1, 0.15) is 36.2 Å². The SMILES string of the molecule is COC1C(=O)N(CC2CC2)C12CCN(C(=O)c1ccco1)CC2. The predicted octanol–water partition coefficient (Wildman–Crippen LogP) is 1.52. The van der Waals surface area contributed by atoms with Crippen molar-refractivity contribution in [2.24, 2.45) is 5.92 Å². The summed E-state index contributed by atoms with van der Waals surface area (Å²) in [5, 5.41) is 0. The van der Waals surface area contributed by atoms with Crippen LogP contribution in [0.25, 0.3) is 0 Å². The monoisotopic (exact) mass is 318 g/mol. The predicted molar refractivity (Wildman–Crippen MR) is 81.8 cm³/mol. The van der Waals surface area contributed by atoms with Gasteiger partial charge in [0.1, 0.15) is 0 Å². The van der Waals surface area contributed by atoms with E-state index in [2.05, 4.69) is 0 Å². The van der Waals surface area contributed by atoms with Crippen LogP contribution in [0.3, 0.4) is 0 Å². The maximum absolute atomic E-state index is 12.4. The number of amides is 2. The molecule has 0 N–H and O–H groups in total. The summed E-state index contributed by atoms with van der Waals surface area (Å²) in [7, 11) is 1.61. The van der Waals surface area contributed by atoms with Crippen LogP contribution < -0.4 is 0 Å². The topological polar surface area (TPSA) is 63.0 Å². The lowest BCUT2D eigenvalue weighted by Crippen LogP contribution is -2.77. The number of ether oxygens (including phenoxy) is 1. The summed E-state index contributed by atoms with van der Waals surface area (Å²) in [5.41, 5.74) is -0.214. The van der Waals surface area contributed by atoms with Gasteiger partial charge in [-0.25, -0.2) is 0 Å². The first-order valence-corrected chi connectivity index (χ1v) is 8.33. The molecule has 1 unspecified atom stereocenters. The van der Waals surface area contributed by atoms with E-state index in [4.69, 9.17) is 9.15 Å². The first-order valence-electron chi connectivity index (χ1n) is 8.33. The number of carbonyl (C=O) groups excluding carboxylic acids is 2. The summed E-state index contributed by atoms with van der Waals surface area (Å²) in [6.45, 7) is 2.12. The Kier molecular flexibility index (Phi) is 3.44. The molecular formula is C17H22N2O4. The first-order chi connectivity index (χ1) is 11.2. The minimum atomic E-state index is -0.345. The third-order valence-electron chi connectivity index (χ3n) is 5.54. The fraction of sp³-hybridized carbons (Fsp3) is 0.647. The maximum Gasteiger partial charge on any atom is 0.289 e. The molecule has 1 atom stereocenters. The molecule has 6 nitrogen and oxygen atoms in total. The van der Waals surface area contributed by atoms with Crippen molar-refractivity contribution >= 4 is 11.8 Å². The number of nitrogens with zero attached hydrogens (tertiary/aromatic N) is 2. The second kappa shape index (κ2) is 5.37. The molecule has 0 bridgehead atoms. The molecule has 3 heterocycles. The Morgan fingerprint density at radius 1 is 1.39 bits per heavy atom. The van der Waals surface area contributed by atoms with Crippen LogP contribution in [0.4, 0.5) is 0 Å². The van der Waals surface area contributed by atoms with E-state index < -0.39 is 0 Å². The van der Waals surface area contributed by atoms with Crippen LogP contribution in [0.5, 0.6) is 0 Å². The van der Waals surface area contributed by atoms with Crippen LogP contribution in [-0.2, 0) is 9.53 Å². The van der Waals surface area contributed by atoms with E-state index in [0.717, 1.165) is 19.4 Å². The van der Waals surface area contributed by atoms with Crippen molar-refractivity contribution in [2.45, 2.75) is 37.3 Å². The Bertz CT molecular complexity index is 600. The largest absolute Gasteiger partial charge is 0.459 e. The summed E-state index contributed by atoms with van der Waals surface area (Å²) < 4.78 is 10.7. The lowest BCUT2D eigenvalue weighted by molar-refractivity contribution is -0.198. The smallest absolute Gasteiger partial charge is 0.289 e. The molecule has 0 aromatic carbocycles. The van der Waals surface area contributed by atoms with Crippen LogP contribution >= 0.6 is 0 Å². The van der Waals surface area contributed by atoms with E-state index in [0.29, 0.717) is 24.8 Å². The van der Waals surface area contributed by atoms with Gasteiger partial charge in [-0.1, -0.05) is 0 Å². The number of methoxy groups -OCH3 is 1. The number of carbonyl (C=O) groups is 2. The van der Waals surface area contributed by atoms with Crippen LogP contribution in [0.2, 0.25) is 0 Å². The van der Waals surface area contributed by atoms with E-state index in [1.807, 2.05) is 9.80 Å². The highest BCUT2D eigenvalue weighted by atomic mass is 16.5. The summed E-state index contributed by atoms with van der Waals surface area (Å²) in [5.74, 6) is 1.09. The Morgan fingerprint density at radius 2 is 2.13 bits per heavy atom. The quantitative estimate of drug-likeness (QED) is 0.790. The Hall–Kier alpha value is -1.82. The molecule has 6 heteroatoms. The van der Waals surface area contributed by atoms with Crippen molar-refractivity contribution in [3.8, 4) is 0 Å². The zero-order valence-electron chi connectivity index (χ0n) is 13.4. The molecule has 4 rings (SSSR count). The average molecular weight is 318 g/mol. The highest BCUT2D eigenvalue weighted by molar-refractivity contribution is 5.92. The molecule has 1 spiro atoms. The number of β-lactam (4-membered cyclic amide) rings is 1. The number of piperidine rings is 1. The summed E-state index contributed by atoms with van der Waals surface area (Å²) >= 11 is 0. The van der Waals surface area contributed by atoms with Gasteiger partial charge in [0.2, 0.25) is 0 Å². The van der Waals surface area contributed by atoms with Gasteiger partial charge < -0.3 is 19.0 Å². The van der Waals surface area contributed by atoms with E-state index in [1.54, 1.807) is 19.2 Å². The first kappa shape index (κ1) is 14.8. The summed E-state index contributed by atoms with van der Waals surface area (Å²) in [4.78, 5) is 28.6. The Labute approximate surface area is 135 Å². The Balaban J connectivity index is 1.46. The molecule has 1 aromatic heterocycles. The van der Waals surface area contributed by atoms with Gasteiger partial charge in [0, 0.05) is 26.7 Å². The molecule has 1 aliphatic carbocycles. The summed E-state index contributed by atoms with van der Waals surface area (Å²) in [6, 6.07) is 3.42. The zero-order chi connectivity index (χ0) is 16.0. The van der Waals surface area contributed by atoms with Crippen LogP contribution in [0.15, 0.2) is 22.8 Å². The molecule has 23 heavy (non-hydrogen) atoms. The number of rotatable bonds is 4. The van der Waals surface area contributed by atoms with Crippen LogP contribution in [-0.4, -0.2) is 60.0 Å². The van der Waals surface area contributed by atoms with Gasteiger partial charge in [0.05, 0.1) is 11.8 Å². The standard InChI is InChI=1S/C17H22N2O4/c1-22-14-16(21)19(11-12-4-5-12)17(14)6-8-18(9-7-17)15(20)13-3-2-10-23-13/h2-3,10,12,14H,4-9,11H2,1H3. The number of hydrogen-bond acceptors (Lipinski definition) is 4. The minimum Gasteiger partial charge on any atom is -0.459 e. The average Bonchev–Trinajstić information content (AvgIpc) is 3.24. The van der Waals surface area contributed by atoms with Gasteiger partial charge in [-0.05, 0) is 43.7 Å². The zero-order valence-corrected chi connectivity index (χ0v) is 13.4. The van der Waals surface area contributed by atoms with E-state index in [1.165, 1.54) is 19.1 Å². The second-order valence-corrected chi connectivity index (χ2v) is 6.88. The Morgan fingerprint density at radius 3 is 2.70 bits per heavy atom. The fourth-order valence-corrected chi connectivity index (χ4v) is 4.00. The van der Waals surface area contributed by atoms with Gasteiger partial charge in [-0.2, -0.15) is 0 Å². The maximum atomic E-state index is 12.4. The lowest BCUT2D eigenvalue weighted by Gasteiger charge is -2.59. The third-order valence-corrected chi connectivity index (χ3v) is 5.54. The molecular weight excluding hydrogens is 296 g/mol. The van der Waals surface area contributed by atoms with Crippen molar-refractivity contribution in [1.82, 2.24) is 9.80 Å². The van der Waals surface area contributed by atoms with Gasteiger partial charge in [0.25, 0.3) is 11.8 Å². The molecule has 2 saturated heterocycles. The molecule has 3 aliphatic rings. The highest BCUT2D eigenvalue weighted by Gasteiger charge is 2.61. The van der Waals surface area contributed by atoms with Crippen molar-refractivity contribution in [1.29, 1.82) is 0 Å². The molecule has 0 radical (unpaired) electrons. The number of hydrogen-bond donors (Lipinski definition) is 0. The van der Waals surface area contributed by atoms with Crippen molar-refractivity contribution in [2.75, 3.05) is 26.7 Å². The lowest BCUT2D eigenvalue weighted by atomic mass is 9.72. The fourth-order valence-electron chi connectivity index (χ4n) is 4.00. The molecule has 124 valence electrons. The van der Waals surface area contributed by atoms with E-state index in [-0.39, 0.29) is 23.5 Å². The highest BCUT2D eigenvalue weighted by Crippen LogP contribution is 2.45. The number of furan rings is 1. The molecule has 2 aliphatic heterocycles. The second-order valence-electron chi connectivity index (χ2n) is 6.88. The van der Waals surface area contributed by atoms with Crippen LogP contribution in [0, 0.1) is 5.92 Å². The molecule has 2 amide bonds. The van der Waals surface area contributed by atoms with Gasteiger partial charge in [-0.15, -0.1) is 0 Å². The molecule has 1 saturated carbocycles. The van der Waals surface area contributed by atoms with Gasteiger partial charge in [-0.3, -0.25) is 9.59 Å². The van der Waals surface area contributed by atoms with Gasteiger partial charge >= 0.3 is 0 Å². The normalized spacial score (nSPS) is 26.5.